The lowest BCUT2D eigenvalue weighted by atomic mass is 9.86. The van der Waals surface area contributed by atoms with Crippen molar-refractivity contribution in [1.82, 2.24) is 10.2 Å². The molecule has 0 aliphatic carbocycles. The molecule has 2 heterocycles. The molecule has 2 aliphatic heterocycles. The van der Waals surface area contributed by atoms with Crippen LogP contribution < -0.4 is 5.32 Å². The highest BCUT2D eigenvalue weighted by molar-refractivity contribution is 9.10. The van der Waals surface area contributed by atoms with Crippen LogP contribution in [0.4, 0.5) is 0 Å². The van der Waals surface area contributed by atoms with E-state index in [4.69, 9.17) is 11.6 Å². The summed E-state index contributed by atoms with van der Waals surface area (Å²) in [6.45, 7) is 5.82. The largest absolute Gasteiger partial charge is 0.316 e. The smallest absolute Gasteiger partial charge is 0.0410 e. The van der Waals surface area contributed by atoms with Gasteiger partial charge in [0, 0.05) is 29.1 Å². The highest BCUT2D eigenvalue weighted by Crippen LogP contribution is 2.37. The molecule has 0 bridgehead atoms. The molecule has 19 heavy (non-hydrogen) atoms. The zero-order valence-electron chi connectivity index (χ0n) is 10.8. The highest BCUT2D eigenvalue weighted by atomic mass is 79.9. The summed E-state index contributed by atoms with van der Waals surface area (Å²) >= 11 is 9.69. The second-order valence-corrected chi connectivity index (χ2v) is 6.91. The quantitative estimate of drug-likeness (QED) is 0.859. The zero-order chi connectivity index (χ0) is 12.6. The van der Waals surface area contributed by atoms with Gasteiger partial charge in [0.2, 0.25) is 0 Å². The van der Waals surface area contributed by atoms with Gasteiger partial charge in [-0.2, -0.15) is 0 Å². The van der Waals surface area contributed by atoms with E-state index < -0.39 is 0 Å². The van der Waals surface area contributed by atoms with Gasteiger partial charge in [0.05, 0.1) is 0 Å². The average Bonchev–Trinajstić information content (AvgIpc) is 2.95. The third kappa shape index (κ3) is 3.45. The van der Waals surface area contributed by atoms with E-state index in [9.17, 15) is 0 Å². The van der Waals surface area contributed by atoms with Gasteiger partial charge in [-0.15, -0.1) is 12.4 Å². The monoisotopic (exact) mass is 364 g/mol. The normalized spacial score (nSPS) is 26.8. The Morgan fingerprint density at radius 1 is 1.37 bits per heavy atom. The van der Waals surface area contributed by atoms with E-state index in [1.807, 2.05) is 12.1 Å². The third-order valence-electron chi connectivity index (χ3n) is 4.25. The first-order chi connectivity index (χ1) is 8.67. The Balaban J connectivity index is 0.00000133. The number of benzene rings is 1. The molecular weight excluding hydrogens is 347 g/mol. The fourth-order valence-electron chi connectivity index (χ4n) is 3.21. The van der Waals surface area contributed by atoms with Crippen molar-refractivity contribution >= 4 is 39.9 Å². The molecule has 0 saturated carbocycles. The van der Waals surface area contributed by atoms with Crippen LogP contribution in [-0.4, -0.2) is 31.1 Å². The van der Waals surface area contributed by atoms with E-state index in [1.165, 1.54) is 44.6 Å². The van der Waals surface area contributed by atoms with E-state index >= 15 is 0 Å². The van der Waals surface area contributed by atoms with Gasteiger partial charge in [0.15, 0.2) is 0 Å². The number of rotatable bonds is 2. The lowest BCUT2D eigenvalue weighted by Gasteiger charge is -2.23. The number of nitrogens with zero attached hydrogens (tertiary/aromatic N) is 1. The summed E-state index contributed by atoms with van der Waals surface area (Å²) in [5.74, 6) is 0. The summed E-state index contributed by atoms with van der Waals surface area (Å²) in [5.41, 5.74) is 1.84. The minimum absolute atomic E-state index is 0. The predicted octanol–water partition coefficient (Wildman–Crippen LogP) is 3.71. The molecule has 1 N–H and O–H groups in total. The SMILES string of the molecule is Cl.Clc1ccc(Br)c(CN2CCC3(CCNC3)C2)c1. The maximum atomic E-state index is 6.07. The van der Waals surface area contributed by atoms with Crippen molar-refractivity contribution in [3.63, 3.8) is 0 Å². The summed E-state index contributed by atoms with van der Waals surface area (Å²) in [4.78, 5) is 2.56. The van der Waals surface area contributed by atoms with Crippen molar-refractivity contribution in [3.05, 3.63) is 33.3 Å². The average molecular weight is 366 g/mol. The second-order valence-electron chi connectivity index (χ2n) is 5.62. The molecular formula is C14H19BrCl2N2. The van der Waals surface area contributed by atoms with Crippen molar-refractivity contribution in [2.45, 2.75) is 19.4 Å². The molecule has 5 heteroatoms. The maximum absolute atomic E-state index is 6.07. The molecule has 2 aliphatic rings. The fraction of sp³-hybridized carbons (Fsp3) is 0.571. The second kappa shape index (κ2) is 6.31. The molecule has 1 unspecified atom stereocenters. The van der Waals surface area contributed by atoms with Crippen LogP contribution in [0.2, 0.25) is 5.02 Å². The molecule has 0 radical (unpaired) electrons. The van der Waals surface area contributed by atoms with Crippen LogP contribution in [0.5, 0.6) is 0 Å². The summed E-state index contributed by atoms with van der Waals surface area (Å²) in [7, 11) is 0. The number of hydrogen-bond acceptors (Lipinski definition) is 2. The van der Waals surface area contributed by atoms with Crippen LogP contribution >= 0.6 is 39.9 Å². The summed E-state index contributed by atoms with van der Waals surface area (Å²) < 4.78 is 1.16. The van der Waals surface area contributed by atoms with Crippen LogP contribution in [0.1, 0.15) is 18.4 Å². The first-order valence-corrected chi connectivity index (χ1v) is 7.71. The molecule has 1 aromatic carbocycles. The van der Waals surface area contributed by atoms with E-state index in [2.05, 4.69) is 32.2 Å². The van der Waals surface area contributed by atoms with Crippen molar-refractivity contribution in [1.29, 1.82) is 0 Å². The number of likely N-dealkylation sites (tertiary alicyclic amines) is 1. The van der Waals surface area contributed by atoms with Crippen molar-refractivity contribution < 1.29 is 0 Å². The van der Waals surface area contributed by atoms with Crippen LogP contribution in [0.3, 0.4) is 0 Å². The fourth-order valence-corrected chi connectivity index (χ4v) is 3.78. The minimum atomic E-state index is 0. The molecule has 2 fully saturated rings. The topological polar surface area (TPSA) is 15.3 Å². The van der Waals surface area contributed by atoms with Gasteiger partial charge in [-0.3, -0.25) is 4.90 Å². The van der Waals surface area contributed by atoms with Crippen molar-refractivity contribution in [2.24, 2.45) is 5.41 Å². The first-order valence-electron chi connectivity index (χ1n) is 6.54. The van der Waals surface area contributed by atoms with E-state index in [0.717, 1.165) is 16.0 Å². The van der Waals surface area contributed by atoms with Crippen LogP contribution in [0.25, 0.3) is 0 Å². The summed E-state index contributed by atoms with van der Waals surface area (Å²) in [6.07, 6.45) is 2.67. The predicted molar refractivity (Wildman–Crippen MR) is 86.2 cm³/mol. The van der Waals surface area contributed by atoms with Gasteiger partial charge in [-0.25, -0.2) is 0 Å². The van der Waals surface area contributed by atoms with Gasteiger partial charge in [0.1, 0.15) is 0 Å². The molecule has 1 aromatic rings. The van der Waals surface area contributed by atoms with Crippen LogP contribution in [0, 0.1) is 5.41 Å². The minimum Gasteiger partial charge on any atom is -0.316 e. The van der Waals surface area contributed by atoms with E-state index in [-0.39, 0.29) is 12.4 Å². The molecule has 1 atom stereocenters. The lowest BCUT2D eigenvalue weighted by molar-refractivity contribution is 0.268. The van der Waals surface area contributed by atoms with E-state index in [1.54, 1.807) is 0 Å². The molecule has 1 spiro atoms. The Labute approximate surface area is 134 Å². The van der Waals surface area contributed by atoms with E-state index in [0.29, 0.717) is 5.41 Å². The molecule has 3 rings (SSSR count). The number of halogens is 3. The Kier molecular flexibility index (Phi) is 5.18. The van der Waals surface area contributed by atoms with Gasteiger partial charge < -0.3 is 5.32 Å². The first kappa shape index (κ1) is 15.6. The summed E-state index contributed by atoms with van der Waals surface area (Å²) in [5, 5.41) is 4.33. The standard InChI is InChI=1S/C14H18BrClN2.ClH/c15-13-2-1-12(16)7-11(13)8-18-6-4-14(10-18)3-5-17-9-14;/h1-2,7,17H,3-6,8-10H2;1H. The molecule has 0 aromatic heterocycles. The Hall–Kier alpha value is 0.200. The van der Waals surface area contributed by atoms with Crippen molar-refractivity contribution in [3.8, 4) is 0 Å². The third-order valence-corrected chi connectivity index (χ3v) is 5.26. The molecule has 106 valence electrons. The lowest BCUT2D eigenvalue weighted by Crippen LogP contribution is -2.29. The zero-order valence-corrected chi connectivity index (χ0v) is 14.0. The molecule has 2 saturated heterocycles. The van der Waals surface area contributed by atoms with Gasteiger partial charge in [-0.1, -0.05) is 27.5 Å². The Morgan fingerprint density at radius 2 is 2.21 bits per heavy atom. The van der Waals surface area contributed by atoms with Gasteiger partial charge in [-0.05, 0) is 55.1 Å². The number of hydrogen-bond donors (Lipinski definition) is 1. The maximum Gasteiger partial charge on any atom is 0.0410 e. The molecule has 0 amide bonds. The highest BCUT2D eigenvalue weighted by Gasteiger charge is 2.40. The van der Waals surface area contributed by atoms with Gasteiger partial charge >= 0.3 is 0 Å². The van der Waals surface area contributed by atoms with Crippen LogP contribution in [0.15, 0.2) is 22.7 Å². The summed E-state index contributed by atoms with van der Waals surface area (Å²) in [6, 6.07) is 6.05. The molecule has 2 nitrogen and oxygen atoms in total. The van der Waals surface area contributed by atoms with Gasteiger partial charge in [0.25, 0.3) is 0 Å². The van der Waals surface area contributed by atoms with Crippen molar-refractivity contribution in [2.75, 3.05) is 26.2 Å². The van der Waals surface area contributed by atoms with Crippen LogP contribution in [-0.2, 0) is 6.54 Å². The Morgan fingerprint density at radius 3 is 2.95 bits per heavy atom. The Bertz CT molecular complexity index is 447. The number of nitrogens with one attached hydrogen (secondary N) is 1.